The second-order valence-corrected chi connectivity index (χ2v) is 15.2. The van der Waals surface area contributed by atoms with E-state index in [4.69, 9.17) is 23.2 Å². The summed E-state index contributed by atoms with van der Waals surface area (Å²) in [6.45, 7) is 3.41. The molecule has 6 unspecified atom stereocenters. The standard InChI is InChI=1S/C41H31Cl2FN2O6/c1-21-18-25(19-22(2)34(21)47)33-29-16-17-30-32(31(29)20-40(42)38(51)46(39(52)41(33,40)43)28-14-10-26(44)11-15-28)37(50)45(36(30)49)27-12-8-24(9-13-27)35(48)23-6-4-3-5-7-23/h3-16,18-19,30-33,47H,17,20H2,1-2H3. The number of benzene rings is 4. The first kappa shape index (κ1) is 34.0. The highest BCUT2D eigenvalue weighted by Crippen LogP contribution is 2.66. The van der Waals surface area contributed by atoms with Crippen LogP contribution >= 0.6 is 23.2 Å². The van der Waals surface area contributed by atoms with Gasteiger partial charge in [0.2, 0.25) is 11.8 Å². The van der Waals surface area contributed by atoms with Crippen LogP contribution < -0.4 is 9.80 Å². The summed E-state index contributed by atoms with van der Waals surface area (Å²) < 4.78 is 13.9. The van der Waals surface area contributed by atoms with Gasteiger partial charge in [-0.25, -0.2) is 9.29 Å². The molecule has 2 saturated heterocycles. The smallest absolute Gasteiger partial charge is 0.258 e. The van der Waals surface area contributed by atoms with Crippen molar-refractivity contribution in [3.63, 3.8) is 0 Å². The number of amides is 4. The number of nitrogens with zero attached hydrogens (tertiary/aromatic N) is 2. The number of carbonyl (C=O) groups excluding carboxylic acids is 5. The summed E-state index contributed by atoms with van der Waals surface area (Å²) in [5.74, 6) is -6.75. The summed E-state index contributed by atoms with van der Waals surface area (Å²) in [5.41, 5.74) is 3.41. The predicted octanol–water partition coefficient (Wildman–Crippen LogP) is 7.15. The molecule has 262 valence electrons. The van der Waals surface area contributed by atoms with Crippen LogP contribution in [-0.2, 0) is 19.2 Å². The van der Waals surface area contributed by atoms with Gasteiger partial charge in [0, 0.05) is 17.0 Å². The van der Waals surface area contributed by atoms with Crippen LogP contribution in [0.2, 0.25) is 0 Å². The lowest BCUT2D eigenvalue weighted by atomic mass is 9.56. The van der Waals surface area contributed by atoms with Crippen LogP contribution in [0.1, 0.15) is 51.4 Å². The zero-order valence-corrected chi connectivity index (χ0v) is 29.5. The molecule has 0 bridgehead atoms. The van der Waals surface area contributed by atoms with Crippen molar-refractivity contribution >= 4 is 64.0 Å². The normalized spacial score (nSPS) is 28.1. The summed E-state index contributed by atoms with van der Waals surface area (Å²) in [7, 11) is 0. The van der Waals surface area contributed by atoms with Crippen molar-refractivity contribution in [2.24, 2.45) is 17.8 Å². The molecule has 4 amide bonds. The van der Waals surface area contributed by atoms with Gasteiger partial charge >= 0.3 is 0 Å². The third-order valence-electron chi connectivity index (χ3n) is 11.2. The Balaban J connectivity index is 1.22. The summed E-state index contributed by atoms with van der Waals surface area (Å²) in [6, 6.07) is 23.3. The lowest BCUT2D eigenvalue weighted by molar-refractivity contribution is -0.125. The highest BCUT2D eigenvalue weighted by Gasteiger charge is 2.76. The number of hydrogen-bond donors (Lipinski definition) is 1. The maximum Gasteiger partial charge on any atom is 0.258 e. The molecule has 4 aromatic rings. The Hall–Kier alpha value is -5.12. The monoisotopic (exact) mass is 736 g/mol. The van der Waals surface area contributed by atoms with Crippen molar-refractivity contribution in [1.29, 1.82) is 0 Å². The maximum absolute atomic E-state index is 14.6. The van der Waals surface area contributed by atoms with Crippen LogP contribution in [-0.4, -0.2) is 44.3 Å². The van der Waals surface area contributed by atoms with Crippen molar-refractivity contribution in [3.8, 4) is 5.75 Å². The molecule has 0 spiro atoms. The number of hydrogen-bond acceptors (Lipinski definition) is 6. The number of rotatable bonds is 5. The average molecular weight is 738 g/mol. The highest BCUT2D eigenvalue weighted by atomic mass is 35.5. The fourth-order valence-electron chi connectivity index (χ4n) is 8.70. The number of allylic oxidation sites excluding steroid dienone is 2. The largest absolute Gasteiger partial charge is 0.507 e. The van der Waals surface area contributed by atoms with Gasteiger partial charge in [-0.15, -0.1) is 23.2 Å². The van der Waals surface area contributed by atoms with Gasteiger partial charge in [-0.3, -0.25) is 28.9 Å². The molecule has 0 radical (unpaired) electrons. The number of alkyl halides is 2. The summed E-state index contributed by atoms with van der Waals surface area (Å²) >= 11 is 14.9. The number of aryl methyl sites for hydroxylation is 2. The van der Waals surface area contributed by atoms with Gasteiger partial charge in [0.15, 0.2) is 15.5 Å². The highest BCUT2D eigenvalue weighted by molar-refractivity contribution is 6.58. The van der Waals surface area contributed by atoms with E-state index in [-0.39, 0.29) is 30.1 Å². The van der Waals surface area contributed by atoms with E-state index < -0.39 is 62.9 Å². The lowest BCUT2D eigenvalue weighted by Gasteiger charge is -2.50. The minimum atomic E-state index is -2.09. The van der Waals surface area contributed by atoms with E-state index in [1.165, 1.54) is 12.1 Å². The first-order chi connectivity index (χ1) is 24.8. The molecule has 2 aliphatic heterocycles. The zero-order valence-electron chi connectivity index (χ0n) is 28.0. The SMILES string of the molecule is Cc1cc(C2C3=CCC4C(=O)N(c5ccc(C(=O)c6ccccc6)cc5)C(=O)C4C3CC3(Cl)C(=O)N(c4ccc(F)cc4)C(=O)C23Cl)cc(C)c1O. The van der Waals surface area contributed by atoms with E-state index in [1.54, 1.807) is 74.5 Å². The van der Waals surface area contributed by atoms with E-state index in [0.29, 0.717) is 39.1 Å². The fraction of sp³-hybridized carbons (Fsp3) is 0.244. The fourth-order valence-corrected chi connectivity index (χ4v) is 9.64. The van der Waals surface area contributed by atoms with E-state index in [9.17, 15) is 33.5 Å². The molecule has 1 saturated carbocycles. The number of ketones is 1. The number of fused-ring (bicyclic) bond motifs is 4. The second-order valence-electron chi connectivity index (χ2n) is 14.0. The summed E-state index contributed by atoms with van der Waals surface area (Å²) in [5, 5.41) is 10.7. The molecule has 4 aliphatic rings. The van der Waals surface area contributed by atoms with Crippen molar-refractivity contribution in [2.75, 3.05) is 9.80 Å². The van der Waals surface area contributed by atoms with Crippen molar-refractivity contribution in [3.05, 3.63) is 136 Å². The van der Waals surface area contributed by atoms with Crippen LogP contribution in [0.15, 0.2) is 103 Å². The molecule has 1 N–H and O–H groups in total. The Labute approximate surface area is 308 Å². The number of anilines is 2. The third kappa shape index (κ3) is 4.68. The zero-order chi connectivity index (χ0) is 36.9. The van der Waals surface area contributed by atoms with Gasteiger partial charge in [-0.1, -0.05) is 54.1 Å². The molecule has 52 heavy (non-hydrogen) atoms. The third-order valence-corrected chi connectivity index (χ3v) is 12.6. The maximum atomic E-state index is 14.6. The van der Waals surface area contributed by atoms with E-state index >= 15 is 0 Å². The van der Waals surface area contributed by atoms with Gasteiger partial charge in [0.05, 0.1) is 23.2 Å². The average Bonchev–Trinajstić information content (AvgIpc) is 3.48. The molecule has 8 nitrogen and oxygen atoms in total. The number of halogens is 3. The molecular weight excluding hydrogens is 706 g/mol. The minimum Gasteiger partial charge on any atom is -0.507 e. The van der Waals surface area contributed by atoms with E-state index in [0.717, 1.165) is 21.9 Å². The molecular formula is C41H31Cl2FN2O6. The Morgan fingerprint density at radius 1 is 0.769 bits per heavy atom. The number of aromatic hydroxyl groups is 1. The number of phenols is 1. The van der Waals surface area contributed by atoms with Gasteiger partial charge in [0.25, 0.3) is 11.8 Å². The predicted molar refractivity (Wildman–Crippen MR) is 193 cm³/mol. The van der Waals surface area contributed by atoms with Crippen LogP contribution in [0.4, 0.5) is 15.8 Å². The Bertz CT molecular complexity index is 2240. The van der Waals surface area contributed by atoms with Gasteiger partial charge in [-0.2, -0.15) is 0 Å². The molecule has 0 aromatic heterocycles. The molecule has 2 aliphatic carbocycles. The van der Waals surface area contributed by atoms with Crippen molar-refractivity contribution < 1.29 is 33.5 Å². The summed E-state index contributed by atoms with van der Waals surface area (Å²) in [6.07, 6.45) is 1.78. The van der Waals surface area contributed by atoms with Crippen LogP contribution in [0, 0.1) is 37.4 Å². The Kier molecular flexibility index (Phi) is 7.82. The quantitative estimate of drug-likeness (QED) is 0.101. The molecule has 2 heterocycles. The first-order valence-electron chi connectivity index (χ1n) is 16.9. The van der Waals surface area contributed by atoms with E-state index in [1.807, 2.05) is 12.1 Å². The molecule has 6 atom stereocenters. The molecule has 3 fully saturated rings. The van der Waals surface area contributed by atoms with Gasteiger partial charge in [-0.05, 0) is 97.8 Å². The minimum absolute atomic E-state index is 0.0556. The van der Waals surface area contributed by atoms with Gasteiger partial charge < -0.3 is 5.11 Å². The Morgan fingerprint density at radius 2 is 1.35 bits per heavy atom. The second kappa shape index (κ2) is 12.0. The number of imide groups is 2. The molecule has 8 rings (SSSR count). The van der Waals surface area contributed by atoms with Crippen molar-refractivity contribution in [2.45, 2.75) is 42.4 Å². The number of phenolic OH excluding ortho intramolecular Hbond substituents is 1. The first-order valence-corrected chi connectivity index (χ1v) is 17.6. The Morgan fingerprint density at radius 3 is 1.98 bits per heavy atom. The molecule has 4 aromatic carbocycles. The van der Waals surface area contributed by atoms with E-state index in [2.05, 4.69) is 0 Å². The summed E-state index contributed by atoms with van der Waals surface area (Å²) in [4.78, 5) is 68.5. The number of carbonyl (C=O) groups is 5. The topological polar surface area (TPSA) is 112 Å². The van der Waals surface area contributed by atoms with Crippen LogP contribution in [0.5, 0.6) is 5.75 Å². The molecule has 11 heteroatoms. The van der Waals surface area contributed by atoms with Crippen LogP contribution in [0.3, 0.4) is 0 Å². The van der Waals surface area contributed by atoms with Crippen LogP contribution in [0.25, 0.3) is 0 Å². The van der Waals surface area contributed by atoms with Gasteiger partial charge in [0.1, 0.15) is 11.6 Å². The van der Waals surface area contributed by atoms with Crippen molar-refractivity contribution in [1.82, 2.24) is 0 Å². The lowest BCUT2D eigenvalue weighted by Crippen LogP contribution is -2.60.